The van der Waals surface area contributed by atoms with Crippen LogP contribution in [0, 0.1) is 34.3 Å². The molecule has 0 aliphatic heterocycles. The quantitative estimate of drug-likeness (QED) is 0.166. The fourth-order valence-corrected chi connectivity index (χ4v) is 6.91. The molecule has 2 heterocycles. The highest BCUT2D eigenvalue weighted by atomic mass is 32.2. The lowest BCUT2D eigenvalue weighted by atomic mass is 9.95. The van der Waals surface area contributed by atoms with Crippen LogP contribution in [-0.2, 0) is 21.3 Å². The highest BCUT2D eigenvalue weighted by molar-refractivity contribution is 7.89. The first-order valence-corrected chi connectivity index (χ1v) is 16.2. The Balaban J connectivity index is 1.21. The summed E-state index contributed by atoms with van der Waals surface area (Å²) in [6.45, 7) is 0. The summed E-state index contributed by atoms with van der Waals surface area (Å²) in [4.78, 5) is 8.36. The number of aromatic nitrogens is 2. The zero-order valence-electron chi connectivity index (χ0n) is 24.7. The highest BCUT2D eigenvalue weighted by Crippen LogP contribution is 2.34. The van der Waals surface area contributed by atoms with Gasteiger partial charge in [-0.3, -0.25) is 9.97 Å². The van der Waals surface area contributed by atoms with Crippen molar-refractivity contribution in [2.45, 2.75) is 11.5 Å². The predicted octanol–water partition coefficient (Wildman–Crippen LogP) is 8.28. The van der Waals surface area contributed by atoms with E-state index in [-0.39, 0.29) is 11.1 Å². The van der Waals surface area contributed by atoms with Gasteiger partial charge in [-0.15, -0.1) is 0 Å². The molecule has 9 heteroatoms. The van der Waals surface area contributed by atoms with Crippen molar-refractivity contribution in [3.8, 4) is 56.6 Å². The van der Waals surface area contributed by atoms with Gasteiger partial charge < -0.3 is 0 Å². The Morgan fingerprint density at radius 1 is 0.532 bits per heavy atom. The summed E-state index contributed by atoms with van der Waals surface area (Å²) in [5, 5.41) is 18.2. The lowest BCUT2D eigenvalue weighted by molar-refractivity contribution is 0.581. The van der Waals surface area contributed by atoms with E-state index in [4.69, 9.17) is 10.5 Å². The largest absolute Gasteiger partial charge is 0.264 e. The van der Waals surface area contributed by atoms with Gasteiger partial charge in [0, 0.05) is 47.0 Å². The van der Waals surface area contributed by atoms with E-state index >= 15 is 8.78 Å². The molecule has 6 aromatic rings. The van der Waals surface area contributed by atoms with Crippen molar-refractivity contribution in [3.63, 3.8) is 0 Å². The second-order valence-corrected chi connectivity index (χ2v) is 12.9. The lowest BCUT2D eigenvalue weighted by Crippen LogP contribution is -2.10. The zero-order valence-corrected chi connectivity index (χ0v) is 25.5. The molecule has 47 heavy (non-hydrogen) atoms. The Hall–Kier alpha value is -6.03. The zero-order chi connectivity index (χ0) is 33.0. The van der Waals surface area contributed by atoms with Gasteiger partial charge in [-0.1, -0.05) is 48.5 Å². The van der Waals surface area contributed by atoms with Gasteiger partial charge in [-0.25, -0.2) is 17.2 Å². The molecule has 228 valence electrons. The summed E-state index contributed by atoms with van der Waals surface area (Å²) >= 11 is 0. The fraction of sp³-hybridized carbons (Fsp3) is 0.0526. The minimum absolute atomic E-state index is 0.0305. The lowest BCUT2D eigenvalue weighted by Gasteiger charge is -2.13. The molecular weight excluding hydrogens is 615 g/mol. The fourth-order valence-electron chi connectivity index (χ4n) is 5.39. The van der Waals surface area contributed by atoms with Gasteiger partial charge in [0.2, 0.25) is 0 Å². The Kier molecular flexibility index (Phi) is 8.66. The number of nitrogens with zero attached hydrogens (tertiary/aromatic N) is 4. The maximum atomic E-state index is 15.4. The van der Waals surface area contributed by atoms with Crippen LogP contribution in [0.1, 0.15) is 22.3 Å². The summed E-state index contributed by atoms with van der Waals surface area (Å²) < 4.78 is 57.1. The minimum Gasteiger partial charge on any atom is -0.264 e. The van der Waals surface area contributed by atoms with Crippen LogP contribution in [0.15, 0.2) is 122 Å². The van der Waals surface area contributed by atoms with Crippen molar-refractivity contribution >= 4 is 9.84 Å². The van der Waals surface area contributed by atoms with E-state index in [1.54, 1.807) is 97.6 Å². The maximum Gasteiger partial charge on any atom is 0.158 e. The third-order valence-corrected chi connectivity index (χ3v) is 9.27. The molecule has 0 saturated carbocycles. The number of nitriles is 2. The molecule has 0 spiro atoms. The SMILES string of the molecule is N#Cc1ccc(-c2ccncc2-c2ccc(CS(=O)(=O)Cc3ccc(-c4cnccc4-c4ccc(C#N)cc4)cc3F)c(F)c2)cc1. The normalized spacial score (nSPS) is 11.1. The van der Waals surface area contributed by atoms with Crippen LogP contribution >= 0.6 is 0 Å². The number of halogens is 2. The van der Waals surface area contributed by atoms with E-state index in [0.29, 0.717) is 33.4 Å². The van der Waals surface area contributed by atoms with Gasteiger partial charge in [0.25, 0.3) is 0 Å². The molecule has 0 aliphatic carbocycles. The molecule has 6 nitrogen and oxygen atoms in total. The summed E-state index contributed by atoms with van der Waals surface area (Å²) in [6, 6.07) is 30.3. The molecule has 6 rings (SSSR count). The number of benzene rings is 4. The van der Waals surface area contributed by atoms with Crippen molar-refractivity contribution in [3.05, 3.63) is 156 Å². The first kappa shape index (κ1) is 31.0. The van der Waals surface area contributed by atoms with E-state index in [9.17, 15) is 8.42 Å². The van der Waals surface area contributed by atoms with E-state index in [1.807, 2.05) is 0 Å². The highest BCUT2D eigenvalue weighted by Gasteiger charge is 2.20. The van der Waals surface area contributed by atoms with Crippen molar-refractivity contribution in [2.75, 3.05) is 0 Å². The number of hydrogen-bond acceptors (Lipinski definition) is 6. The molecule has 0 bridgehead atoms. The van der Waals surface area contributed by atoms with Crippen LogP contribution in [-0.4, -0.2) is 18.4 Å². The van der Waals surface area contributed by atoms with Gasteiger partial charge in [0.05, 0.1) is 34.8 Å². The van der Waals surface area contributed by atoms with E-state index in [0.717, 1.165) is 22.3 Å². The second kappa shape index (κ2) is 13.1. The Bertz CT molecular complexity index is 2150. The molecule has 0 fully saturated rings. The minimum atomic E-state index is -3.96. The van der Waals surface area contributed by atoms with Crippen LogP contribution in [0.3, 0.4) is 0 Å². The summed E-state index contributed by atoms with van der Waals surface area (Å²) in [5.41, 5.74) is 6.45. The molecule has 0 aliphatic rings. The molecule has 0 radical (unpaired) electrons. The second-order valence-electron chi connectivity index (χ2n) is 10.9. The average molecular weight is 639 g/mol. The Morgan fingerprint density at radius 2 is 0.915 bits per heavy atom. The molecule has 0 unspecified atom stereocenters. The van der Waals surface area contributed by atoms with Gasteiger partial charge in [0.15, 0.2) is 9.84 Å². The predicted molar refractivity (Wildman–Crippen MR) is 176 cm³/mol. The molecule has 4 aromatic carbocycles. The van der Waals surface area contributed by atoms with Crippen molar-refractivity contribution in [1.82, 2.24) is 9.97 Å². The summed E-state index contributed by atoms with van der Waals surface area (Å²) in [7, 11) is -3.96. The topological polar surface area (TPSA) is 108 Å². The van der Waals surface area contributed by atoms with Crippen molar-refractivity contribution in [1.29, 1.82) is 10.5 Å². The van der Waals surface area contributed by atoms with Crippen LogP contribution in [0.25, 0.3) is 44.5 Å². The molecule has 0 atom stereocenters. The summed E-state index contributed by atoms with van der Waals surface area (Å²) in [5.74, 6) is -2.63. The third kappa shape index (κ3) is 6.81. The van der Waals surface area contributed by atoms with Crippen LogP contribution in [0.4, 0.5) is 8.78 Å². The van der Waals surface area contributed by atoms with Crippen LogP contribution < -0.4 is 0 Å². The van der Waals surface area contributed by atoms with Crippen molar-refractivity contribution in [2.24, 2.45) is 0 Å². The first-order chi connectivity index (χ1) is 22.7. The Morgan fingerprint density at radius 3 is 1.28 bits per heavy atom. The third-order valence-electron chi connectivity index (χ3n) is 7.77. The smallest absolute Gasteiger partial charge is 0.158 e. The monoisotopic (exact) mass is 638 g/mol. The van der Waals surface area contributed by atoms with Gasteiger partial charge in [-0.2, -0.15) is 10.5 Å². The van der Waals surface area contributed by atoms with E-state index < -0.39 is 33.0 Å². The Labute approximate surface area is 270 Å². The molecule has 0 amide bonds. The summed E-state index contributed by atoms with van der Waals surface area (Å²) in [6.07, 6.45) is 6.43. The van der Waals surface area contributed by atoms with Crippen LogP contribution in [0.2, 0.25) is 0 Å². The first-order valence-electron chi connectivity index (χ1n) is 14.4. The molecule has 0 saturated heterocycles. The van der Waals surface area contributed by atoms with E-state index in [1.165, 1.54) is 24.3 Å². The number of pyridine rings is 2. The molecular formula is C38H24F2N4O2S. The van der Waals surface area contributed by atoms with Crippen LogP contribution in [0.5, 0.6) is 0 Å². The number of rotatable bonds is 8. The molecule has 0 N–H and O–H groups in total. The van der Waals surface area contributed by atoms with Crippen molar-refractivity contribution < 1.29 is 17.2 Å². The maximum absolute atomic E-state index is 15.4. The molecule has 2 aromatic heterocycles. The van der Waals surface area contributed by atoms with E-state index in [2.05, 4.69) is 22.1 Å². The van der Waals surface area contributed by atoms with Gasteiger partial charge in [0.1, 0.15) is 11.6 Å². The average Bonchev–Trinajstić information content (AvgIpc) is 3.10. The van der Waals surface area contributed by atoms with Gasteiger partial charge in [-0.05, 0) is 81.9 Å². The van der Waals surface area contributed by atoms with Gasteiger partial charge >= 0.3 is 0 Å². The number of sulfone groups is 1. The number of hydrogen-bond donors (Lipinski definition) is 0. The standard InChI is InChI=1S/C38H24F2N4O2S/c39-37-17-29(35-21-43-15-13-33(35)27-5-1-25(19-41)2-6-27)9-11-31(37)23-47(45,46)24-32-12-10-30(18-38(32)40)36-22-44-16-14-34(36)28-7-3-26(20-42)4-8-28/h1-18,21-22H,23-24H2.